The van der Waals surface area contributed by atoms with Crippen molar-refractivity contribution in [1.82, 2.24) is 0 Å². The van der Waals surface area contributed by atoms with Gasteiger partial charge in [0.2, 0.25) is 7.44 Å². The number of alkyl halides is 1. The largest absolute Gasteiger partial charge is 0.297 e. The van der Waals surface area contributed by atoms with Gasteiger partial charge >= 0.3 is 0 Å². The SMILES string of the molecule is NP(N)(=O)C1(Cl)CCCCC1=O. The van der Waals surface area contributed by atoms with Gasteiger partial charge in [-0.25, -0.2) is 0 Å². The summed E-state index contributed by atoms with van der Waals surface area (Å²) in [4.78, 5) is 11.3. The van der Waals surface area contributed by atoms with E-state index in [1.165, 1.54) is 0 Å². The zero-order chi connectivity index (χ0) is 9.41. The minimum atomic E-state index is -3.49. The van der Waals surface area contributed by atoms with Gasteiger partial charge in [0.15, 0.2) is 10.4 Å². The molecule has 1 aliphatic rings. The number of nitrogens with two attached hydrogens (primary N) is 2. The van der Waals surface area contributed by atoms with Crippen LogP contribution in [-0.4, -0.2) is 10.4 Å². The predicted molar refractivity (Wildman–Crippen MR) is 48.0 cm³/mol. The van der Waals surface area contributed by atoms with E-state index in [-0.39, 0.29) is 5.78 Å². The number of rotatable bonds is 1. The lowest BCUT2D eigenvalue weighted by molar-refractivity contribution is -0.121. The third kappa shape index (κ3) is 1.57. The van der Waals surface area contributed by atoms with Crippen molar-refractivity contribution in [3.63, 3.8) is 0 Å². The molecule has 0 heterocycles. The van der Waals surface area contributed by atoms with Crippen LogP contribution in [0.15, 0.2) is 0 Å². The number of Topliss-reactive ketones (excluding diaryl/α,β-unsaturated/α-hetero) is 1. The monoisotopic (exact) mass is 210 g/mol. The summed E-state index contributed by atoms with van der Waals surface area (Å²) in [6.45, 7) is 0. The van der Waals surface area contributed by atoms with Crippen LogP contribution in [0.25, 0.3) is 0 Å². The van der Waals surface area contributed by atoms with Crippen molar-refractivity contribution in [2.75, 3.05) is 0 Å². The third-order valence-corrected chi connectivity index (χ3v) is 4.92. The van der Waals surface area contributed by atoms with Gasteiger partial charge in [-0.2, -0.15) is 0 Å². The van der Waals surface area contributed by atoms with Gasteiger partial charge in [0.1, 0.15) is 0 Å². The first-order chi connectivity index (χ1) is 5.38. The Kier molecular flexibility index (Phi) is 2.64. The smallest absolute Gasteiger partial charge is 0.233 e. The lowest BCUT2D eigenvalue weighted by Crippen LogP contribution is -2.40. The number of carbonyl (C=O) groups excluding carboxylic acids is 1. The Morgan fingerprint density at radius 3 is 2.33 bits per heavy atom. The first-order valence-corrected chi connectivity index (χ1v) is 6.00. The molecule has 70 valence electrons. The highest BCUT2D eigenvalue weighted by molar-refractivity contribution is 7.64. The van der Waals surface area contributed by atoms with Gasteiger partial charge in [-0.3, -0.25) is 20.4 Å². The van der Waals surface area contributed by atoms with Crippen LogP contribution in [0.2, 0.25) is 0 Å². The fraction of sp³-hybridized carbons (Fsp3) is 0.833. The molecule has 1 fully saturated rings. The van der Waals surface area contributed by atoms with Crippen LogP contribution in [0.3, 0.4) is 0 Å². The molecule has 0 aromatic heterocycles. The lowest BCUT2D eigenvalue weighted by Gasteiger charge is -2.31. The van der Waals surface area contributed by atoms with E-state index in [1.54, 1.807) is 0 Å². The quantitative estimate of drug-likeness (QED) is 0.503. The van der Waals surface area contributed by atoms with Crippen molar-refractivity contribution < 1.29 is 9.36 Å². The molecule has 4 nitrogen and oxygen atoms in total. The maximum Gasteiger partial charge on any atom is 0.233 e. The fourth-order valence-electron chi connectivity index (χ4n) is 1.35. The second-order valence-electron chi connectivity index (χ2n) is 3.10. The Morgan fingerprint density at radius 1 is 1.42 bits per heavy atom. The highest BCUT2D eigenvalue weighted by Gasteiger charge is 2.49. The van der Waals surface area contributed by atoms with Gasteiger partial charge in [-0.15, -0.1) is 0 Å². The molecule has 0 aliphatic heterocycles. The summed E-state index contributed by atoms with van der Waals surface area (Å²) in [5, 5.41) is 0. The highest BCUT2D eigenvalue weighted by atomic mass is 35.5. The van der Waals surface area contributed by atoms with Gasteiger partial charge < -0.3 is 0 Å². The maximum atomic E-state index is 11.3. The standard InChI is InChI=1S/C6H12ClN2O2P/c7-6(12(8,9)11)4-2-1-3-5(6)10/h1-4H2,(H4,8,9,11). The van der Waals surface area contributed by atoms with Crippen LogP contribution in [0.4, 0.5) is 0 Å². The van der Waals surface area contributed by atoms with Crippen molar-refractivity contribution in [1.29, 1.82) is 0 Å². The average Bonchev–Trinajstić information content (AvgIpc) is 1.93. The van der Waals surface area contributed by atoms with Gasteiger partial charge in [0.05, 0.1) is 0 Å². The molecule has 0 spiro atoms. The van der Waals surface area contributed by atoms with Crippen molar-refractivity contribution >= 4 is 24.8 Å². The van der Waals surface area contributed by atoms with Gasteiger partial charge in [-0.05, 0) is 12.8 Å². The van der Waals surface area contributed by atoms with Crippen molar-refractivity contribution in [3.8, 4) is 0 Å². The normalized spacial score (nSPS) is 32.1. The molecule has 1 atom stereocenters. The van der Waals surface area contributed by atoms with Gasteiger partial charge in [0.25, 0.3) is 0 Å². The molecule has 0 saturated heterocycles. The molecule has 0 amide bonds. The number of carbonyl (C=O) groups is 1. The van der Waals surface area contributed by atoms with E-state index in [0.29, 0.717) is 12.8 Å². The molecular weight excluding hydrogens is 199 g/mol. The summed E-state index contributed by atoms with van der Waals surface area (Å²) in [7, 11) is -3.49. The van der Waals surface area contributed by atoms with E-state index in [0.717, 1.165) is 12.8 Å². The molecular formula is C6H12ClN2O2P. The zero-order valence-corrected chi connectivity index (χ0v) is 8.28. The summed E-state index contributed by atoms with van der Waals surface area (Å²) in [5.41, 5.74) is 10.4. The van der Waals surface area contributed by atoms with Crippen LogP contribution in [-0.2, 0) is 9.36 Å². The molecule has 1 unspecified atom stereocenters. The van der Waals surface area contributed by atoms with Crippen LogP contribution in [0.1, 0.15) is 25.7 Å². The second-order valence-corrected chi connectivity index (χ2v) is 6.19. The van der Waals surface area contributed by atoms with E-state index < -0.39 is 12.1 Å². The number of hydrogen-bond donors (Lipinski definition) is 2. The minimum Gasteiger partial charge on any atom is -0.297 e. The average molecular weight is 211 g/mol. The van der Waals surface area contributed by atoms with Crippen LogP contribution in [0.5, 0.6) is 0 Å². The van der Waals surface area contributed by atoms with Gasteiger partial charge in [0, 0.05) is 6.42 Å². The summed E-state index contributed by atoms with van der Waals surface area (Å²) in [5.74, 6) is -0.274. The highest BCUT2D eigenvalue weighted by Crippen LogP contribution is 2.53. The zero-order valence-electron chi connectivity index (χ0n) is 6.62. The third-order valence-electron chi connectivity index (χ3n) is 2.14. The first-order valence-electron chi connectivity index (χ1n) is 3.77. The van der Waals surface area contributed by atoms with Crippen LogP contribution in [0, 0.1) is 0 Å². The molecule has 1 saturated carbocycles. The Hall–Kier alpha value is 0.110. The summed E-state index contributed by atoms with van der Waals surface area (Å²) >= 11 is 5.84. The van der Waals surface area contributed by atoms with E-state index in [2.05, 4.69) is 0 Å². The molecule has 12 heavy (non-hydrogen) atoms. The Bertz CT molecular complexity index is 252. The first kappa shape index (κ1) is 10.2. The van der Waals surface area contributed by atoms with Crippen molar-refractivity contribution in [2.24, 2.45) is 11.0 Å². The Morgan fingerprint density at radius 2 is 2.00 bits per heavy atom. The van der Waals surface area contributed by atoms with Crippen molar-refractivity contribution in [2.45, 2.75) is 30.3 Å². The molecule has 0 bridgehead atoms. The number of halogens is 1. The van der Waals surface area contributed by atoms with E-state index >= 15 is 0 Å². The fourth-order valence-corrected chi connectivity index (χ4v) is 2.58. The number of hydrogen-bond acceptors (Lipinski definition) is 2. The second kappa shape index (κ2) is 3.11. The molecule has 0 aromatic carbocycles. The minimum absolute atomic E-state index is 0.274. The molecule has 0 aromatic rings. The predicted octanol–water partition coefficient (Wildman–Crippen LogP) is 1.18. The van der Waals surface area contributed by atoms with Crippen LogP contribution >= 0.6 is 19.0 Å². The van der Waals surface area contributed by atoms with Crippen molar-refractivity contribution in [3.05, 3.63) is 0 Å². The maximum absolute atomic E-state index is 11.3. The lowest BCUT2D eigenvalue weighted by atomic mass is 9.98. The molecule has 4 N–H and O–H groups in total. The summed E-state index contributed by atoms with van der Waals surface area (Å²) in [6.07, 6.45) is 2.21. The van der Waals surface area contributed by atoms with E-state index in [9.17, 15) is 9.36 Å². The molecule has 6 heteroatoms. The topological polar surface area (TPSA) is 86.2 Å². The molecule has 1 rings (SSSR count). The number of ketones is 1. The summed E-state index contributed by atoms with van der Waals surface area (Å²) in [6, 6.07) is 0. The Labute approximate surface area is 76.1 Å². The van der Waals surface area contributed by atoms with E-state index in [4.69, 9.17) is 22.6 Å². The van der Waals surface area contributed by atoms with Gasteiger partial charge in [-0.1, -0.05) is 18.0 Å². The molecule has 1 aliphatic carbocycles. The van der Waals surface area contributed by atoms with E-state index in [1.807, 2.05) is 0 Å². The van der Waals surface area contributed by atoms with Crippen LogP contribution < -0.4 is 11.0 Å². The summed E-state index contributed by atoms with van der Waals surface area (Å²) < 4.78 is 9.82. The Balaban J connectivity index is 2.95. The molecule has 0 radical (unpaired) electrons.